The van der Waals surface area contributed by atoms with Gasteiger partial charge in [0.15, 0.2) is 0 Å². The molecule has 2 aromatic carbocycles. The Morgan fingerprint density at radius 3 is 2.20 bits per heavy atom. The van der Waals surface area contributed by atoms with Crippen LogP contribution in [0.15, 0.2) is 42.5 Å². The van der Waals surface area contributed by atoms with Gasteiger partial charge in [-0.2, -0.15) is 0 Å². The van der Waals surface area contributed by atoms with Gasteiger partial charge >= 0.3 is 5.97 Å². The molecule has 0 radical (unpaired) electrons. The third-order valence-corrected chi connectivity index (χ3v) is 4.43. The predicted octanol–water partition coefficient (Wildman–Crippen LogP) is 5.07. The molecule has 0 saturated heterocycles. The number of halogens is 3. The van der Waals surface area contributed by atoms with Crippen LogP contribution in [-0.4, -0.2) is 18.5 Å². The molecule has 0 saturated carbocycles. The number of amides is 1. The summed E-state index contributed by atoms with van der Waals surface area (Å²) in [5.74, 6) is -0.942. The Kier molecular flexibility index (Phi) is 7.12. The maximum atomic E-state index is 12.6. The molecule has 1 atom stereocenters. The number of rotatable bonds is 6. The van der Waals surface area contributed by atoms with E-state index in [4.69, 9.17) is 39.5 Å². The second-order valence-electron chi connectivity index (χ2n) is 5.15. The third-order valence-electron chi connectivity index (χ3n) is 3.45. The summed E-state index contributed by atoms with van der Waals surface area (Å²) in [7, 11) is 0. The monoisotopic (exact) mass is 399 g/mol. The smallest absolute Gasteiger partial charge is 0.308 e. The first kappa shape index (κ1) is 19.6. The van der Waals surface area contributed by atoms with Crippen LogP contribution in [-0.2, 0) is 9.53 Å². The van der Waals surface area contributed by atoms with Gasteiger partial charge in [0.2, 0.25) is 0 Å². The molecule has 0 aromatic heterocycles. The van der Waals surface area contributed by atoms with Gasteiger partial charge < -0.3 is 10.1 Å². The first-order valence-corrected chi connectivity index (χ1v) is 8.72. The molecule has 1 N–H and O–H groups in total. The second kappa shape index (κ2) is 9.09. The molecule has 0 aliphatic heterocycles. The molecule has 25 heavy (non-hydrogen) atoms. The Morgan fingerprint density at radius 1 is 1.00 bits per heavy atom. The number of carbonyl (C=O) groups excluding carboxylic acids is 2. The van der Waals surface area contributed by atoms with Crippen molar-refractivity contribution in [1.29, 1.82) is 0 Å². The highest BCUT2D eigenvalue weighted by Gasteiger charge is 2.24. The highest BCUT2D eigenvalue weighted by atomic mass is 35.5. The number of esters is 1. The lowest BCUT2D eigenvalue weighted by Gasteiger charge is -2.20. The normalized spacial score (nSPS) is 11.7. The van der Waals surface area contributed by atoms with Crippen LogP contribution in [0.5, 0.6) is 0 Å². The van der Waals surface area contributed by atoms with Crippen LogP contribution in [0.25, 0.3) is 0 Å². The Hall–Kier alpha value is -1.75. The van der Waals surface area contributed by atoms with Crippen molar-refractivity contribution in [3.8, 4) is 0 Å². The van der Waals surface area contributed by atoms with Crippen LogP contribution in [0.1, 0.15) is 35.3 Å². The summed E-state index contributed by atoms with van der Waals surface area (Å²) in [5, 5.41) is 3.64. The topological polar surface area (TPSA) is 55.4 Å². The van der Waals surface area contributed by atoms with E-state index in [2.05, 4.69) is 5.32 Å². The van der Waals surface area contributed by atoms with Crippen LogP contribution >= 0.6 is 34.8 Å². The Morgan fingerprint density at radius 2 is 1.60 bits per heavy atom. The van der Waals surface area contributed by atoms with Crippen LogP contribution in [0, 0.1) is 0 Å². The molecule has 0 aliphatic rings. The lowest BCUT2D eigenvalue weighted by Crippen LogP contribution is -2.31. The summed E-state index contributed by atoms with van der Waals surface area (Å²) in [6, 6.07) is 11.1. The van der Waals surface area contributed by atoms with Crippen molar-refractivity contribution in [3.05, 3.63) is 68.7 Å². The average molecular weight is 401 g/mol. The highest BCUT2D eigenvalue weighted by Crippen LogP contribution is 2.28. The van der Waals surface area contributed by atoms with Gasteiger partial charge in [-0.25, -0.2) is 0 Å². The Balaban J connectivity index is 2.31. The van der Waals surface area contributed by atoms with Crippen LogP contribution < -0.4 is 5.32 Å². The second-order valence-corrected chi connectivity index (χ2v) is 6.37. The molecule has 0 bridgehead atoms. The largest absolute Gasteiger partial charge is 0.466 e. The summed E-state index contributed by atoms with van der Waals surface area (Å²) in [6.07, 6.45) is -0.0641. The van der Waals surface area contributed by atoms with E-state index in [1.807, 2.05) is 0 Å². The minimum absolute atomic E-state index is 0.0641. The van der Waals surface area contributed by atoms with Gasteiger partial charge in [-0.15, -0.1) is 0 Å². The molecule has 2 aromatic rings. The van der Waals surface area contributed by atoms with Crippen molar-refractivity contribution in [3.63, 3.8) is 0 Å². The Bertz CT molecular complexity index is 760. The molecule has 7 heteroatoms. The Labute approximate surface area is 161 Å². The van der Waals surface area contributed by atoms with Crippen molar-refractivity contribution in [2.75, 3.05) is 6.61 Å². The number of hydrogen-bond acceptors (Lipinski definition) is 3. The van der Waals surface area contributed by atoms with Gasteiger partial charge in [0, 0.05) is 5.02 Å². The summed E-state index contributed by atoms with van der Waals surface area (Å²) < 4.78 is 4.98. The number of ether oxygens (including phenoxy) is 1. The summed E-state index contributed by atoms with van der Waals surface area (Å²) in [4.78, 5) is 24.6. The van der Waals surface area contributed by atoms with Crippen molar-refractivity contribution < 1.29 is 14.3 Å². The molecule has 0 spiro atoms. The summed E-state index contributed by atoms with van der Waals surface area (Å²) >= 11 is 18.4. The first-order chi connectivity index (χ1) is 11.9. The maximum absolute atomic E-state index is 12.6. The third kappa shape index (κ3) is 5.11. The van der Waals surface area contributed by atoms with E-state index in [0.717, 1.165) is 0 Å². The zero-order valence-electron chi connectivity index (χ0n) is 13.4. The summed E-state index contributed by atoms with van der Waals surface area (Å²) in [5.41, 5.74) is 0.750. The predicted molar refractivity (Wildman–Crippen MR) is 99.4 cm³/mol. The molecular formula is C18H16Cl3NO3. The van der Waals surface area contributed by atoms with Crippen molar-refractivity contribution >= 4 is 46.7 Å². The van der Waals surface area contributed by atoms with Crippen LogP contribution in [0.2, 0.25) is 15.1 Å². The zero-order chi connectivity index (χ0) is 18.4. The van der Waals surface area contributed by atoms with Crippen molar-refractivity contribution in [1.82, 2.24) is 5.32 Å². The number of carbonyl (C=O) groups is 2. The minimum Gasteiger partial charge on any atom is -0.466 e. The zero-order valence-corrected chi connectivity index (χ0v) is 15.7. The van der Waals surface area contributed by atoms with Crippen LogP contribution in [0.4, 0.5) is 0 Å². The maximum Gasteiger partial charge on any atom is 0.308 e. The lowest BCUT2D eigenvalue weighted by atomic mass is 10.0. The van der Waals surface area contributed by atoms with Crippen LogP contribution in [0.3, 0.4) is 0 Å². The molecule has 1 amide bonds. The van der Waals surface area contributed by atoms with E-state index in [-0.39, 0.29) is 28.6 Å². The number of hydrogen-bond donors (Lipinski definition) is 1. The molecule has 0 aliphatic carbocycles. The first-order valence-electron chi connectivity index (χ1n) is 7.59. The molecule has 0 fully saturated rings. The molecule has 0 heterocycles. The van der Waals surface area contributed by atoms with Gasteiger partial charge in [-0.1, -0.05) is 59.1 Å². The van der Waals surface area contributed by atoms with Gasteiger partial charge in [0.25, 0.3) is 5.91 Å². The lowest BCUT2D eigenvalue weighted by molar-refractivity contribution is -0.143. The fourth-order valence-electron chi connectivity index (χ4n) is 2.33. The quantitative estimate of drug-likeness (QED) is 0.689. The van der Waals surface area contributed by atoms with Crippen molar-refractivity contribution in [2.45, 2.75) is 19.4 Å². The van der Waals surface area contributed by atoms with Gasteiger partial charge in [-0.05, 0) is 30.7 Å². The van der Waals surface area contributed by atoms with Gasteiger partial charge in [0.05, 0.1) is 34.7 Å². The fourth-order valence-corrected chi connectivity index (χ4v) is 3.16. The van der Waals surface area contributed by atoms with Gasteiger partial charge in [-0.3, -0.25) is 9.59 Å². The van der Waals surface area contributed by atoms with E-state index in [1.54, 1.807) is 49.4 Å². The highest BCUT2D eigenvalue weighted by molar-refractivity contribution is 6.39. The van der Waals surface area contributed by atoms with E-state index in [9.17, 15) is 9.59 Å². The van der Waals surface area contributed by atoms with E-state index >= 15 is 0 Å². The molecule has 2 rings (SSSR count). The molecule has 132 valence electrons. The molecule has 0 unspecified atom stereocenters. The standard InChI is InChI=1S/C18H16Cl3NO3/c1-2-25-16(23)10-15(11-6-3-4-7-12(11)19)22-18(24)17-13(20)8-5-9-14(17)21/h3-9,15H,2,10H2,1H3,(H,22,24)/t15-/m1/s1. The average Bonchev–Trinajstić information content (AvgIpc) is 2.54. The number of nitrogens with one attached hydrogen (secondary N) is 1. The van der Waals surface area contributed by atoms with E-state index in [0.29, 0.717) is 10.6 Å². The number of benzene rings is 2. The SMILES string of the molecule is CCOC(=O)C[C@@H](NC(=O)c1c(Cl)cccc1Cl)c1ccccc1Cl. The van der Waals surface area contributed by atoms with Crippen molar-refractivity contribution in [2.24, 2.45) is 0 Å². The van der Waals surface area contributed by atoms with E-state index in [1.165, 1.54) is 0 Å². The molecule has 4 nitrogen and oxygen atoms in total. The minimum atomic E-state index is -0.674. The van der Waals surface area contributed by atoms with E-state index < -0.39 is 17.9 Å². The van der Waals surface area contributed by atoms with Gasteiger partial charge in [0.1, 0.15) is 0 Å². The summed E-state index contributed by atoms with van der Waals surface area (Å²) in [6.45, 7) is 1.96. The molecular weight excluding hydrogens is 385 g/mol. The fraction of sp³-hybridized carbons (Fsp3) is 0.222.